The monoisotopic (exact) mass is 227 g/mol. The topological polar surface area (TPSA) is 71.8 Å². The van der Waals surface area contributed by atoms with Crippen LogP contribution in [0.15, 0.2) is 43.0 Å². The number of aromatic amines is 1. The third kappa shape index (κ3) is 2.25. The summed E-state index contributed by atoms with van der Waals surface area (Å²) in [7, 11) is 0. The molecule has 17 heavy (non-hydrogen) atoms. The van der Waals surface area contributed by atoms with Gasteiger partial charge in [0.25, 0.3) is 0 Å². The molecular weight excluding hydrogens is 214 g/mol. The van der Waals surface area contributed by atoms with Crippen LogP contribution >= 0.6 is 0 Å². The Bertz CT molecular complexity index is 557. The zero-order chi connectivity index (χ0) is 12.3. The van der Waals surface area contributed by atoms with Crippen LogP contribution in [-0.4, -0.2) is 16.1 Å². The molecule has 1 aromatic carbocycles. The molecule has 4 nitrogen and oxygen atoms in total. The van der Waals surface area contributed by atoms with Crippen LogP contribution in [0.25, 0.3) is 11.3 Å². The average Bonchev–Trinajstić information content (AvgIpc) is 2.78. The summed E-state index contributed by atoms with van der Waals surface area (Å²) in [6.45, 7) is 3.66. The highest BCUT2D eigenvalue weighted by Crippen LogP contribution is 2.22. The van der Waals surface area contributed by atoms with Crippen molar-refractivity contribution in [3.05, 3.63) is 54.2 Å². The summed E-state index contributed by atoms with van der Waals surface area (Å²) in [6, 6.07) is 9.04. The van der Waals surface area contributed by atoms with Crippen molar-refractivity contribution in [3.8, 4) is 11.3 Å². The number of nitrogens with two attached hydrogens (primary N) is 1. The molecule has 2 aromatic rings. The van der Waals surface area contributed by atoms with Gasteiger partial charge in [-0.25, -0.2) is 0 Å². The van der Waals surface area contributed by atoms with E-state index in [1.807, 2.05) is 18.2 Å². The zero-order valence-electron chi connectivity index (χ0n) is 9.31. The number of rotatable bonds is 4. The standard InChI is InChI=1S/C13H13N3O/c1-2-5-9-8-12(16-15-9)10-6-3-4-7-11(10)13(14)17/h2-4,6-8H,1,5H2,(H2,14,17)(H,15,16). The second kappa shape index (κ2) is 4.65. The minimum Gasteiger partial charge on any atom is -0.366 e. The first-order chi connectivity index (χ1) is 8.22. The maximum absolute atomic E-state index is 11.3. The van der Waals surface area contributed by atoms with E-state index < -0.39 is 5.91 Å². The molecule has 0 atom stereocenters. The van der Waals surface area contributed by atoms with Crippen molar-refractivity contribution in [2.24, 2.45) is 5.73 Å². The summed E-state index contributed by atoms with van der Waals surface area (Å²) in [5.74, 6) is -0.450. The zero-order valence-corrected chi connectivity index (χ0v) is 9.31. The quantitative estimate of drug-likeness (QED) is 0.783. The summed E-state index contributed by atoms with van der Waals surface area (Å²) < 4.78 is 0. The van der Waals surface area contributed by atoms with Gasteiger partial charge in [0.05, 0.1) is 5.69 Å². The van der Waals surface area contributed by atoms with Gasteiger partial charge in [-0.2, -0.15) is 5.10 Å². The van der Waals surface area contributed by atoms with Crippen molar-refractivity contribution in [1.82, 2.24) is 10.2 Å². The molecule has 0 radical (unpaired) electrons. The predicted molar refractivity (Wildman–Crippen MR) is 66.4 cm³/mol. The molecule has 0 saturated carbocycles. The number of amides is 1. The number of H-pyrrole nitrogens is 1. The molecule has 0 fully saturated rings. The van der Waals surface area contributed by atoms with Crippen LogP contribution < -0.4 is 5.73 Å². The Kier molecular flexibility index (Phi) is 3.05. The number of carbonyl (C=O) groups excluding carboxylic acids is 1. The van der Waals surface area contributed by atoms with E-state index in [-0.39, 0.29) is 0 Å². The molecule has 1 amide bonds. The molecule has 0 aliphatic heterocycles. The van der Waals surface area contributed by atoms with E-state index in [0.717, 1.165) is 17.0 Å². The highest BCUT2D eigenvalue weighted by Gasteiger charge is 2.11. The average molecular weight is 227 g/mol. The number of hydrogen-bond acceptors (Lipinski definition) is 2. The van der Waals surface area contributed by atoms with E-state index in [2.05, 4.69) is 16.8 Å². The van der Waals surface area contributed by atoms with E-state index in [1.54, 1.807) is 18.2 Å². The first kappa shape index (κ1) is 11.1. The van der Waals surface area contributed by atoms with Gasteiger partial charge in [0.2, 0.25) is 5.91 Å². The SMILES string of the molecule is C=CCc1cc(-c2ccccc2C(N)=O)n[nH]1. The molecule has 4 heteroatoms. The lowest BCUT2D eigenvalue weighted by molar-refractivity contribution is 0.100. The lowest BCUT2D eigenvalue weighted by Gasteiger charge is -2.02. The van der Waals surface area contributed by atoms with Crippen molar-refractivity contribution in [2.75, 3.05) is 0 Å². The van der Waals surface area contributed by atoms with Gasteiger partial charge >= 0.3 is 0 Å². The second-order valence-electron chi connectivity index (χ2n) is 3.68. The maximum atomic E-state index is 11.3. The smallest absolute Gasteiger partial charge is 0.249 e. The second-order valence-corrected chi connectivity index (χ2v) is 3.68. The van der Waals surface area contributed by atoms with Crippen LogP contribution in [0.5, 0.6) is 0 Å². The number of nitrogens with zero attached hydrogens (tertiary/aromatic N) is 1. The number of benzene rings is 1. The van der Waals surface area contributed by atoms with E-state index in [4.69, 9.17) is 5.73 Å². The number of nitrogens with one attached hydrogen (secondary N) is 1. The van der Waals surface area contributed by atoms with Crippen LogP contribution in [0.3, 0.4) is 0 Å². The first-order valence-corrected chi connectivity index (χ1v) is 5.26. The summed E-state index contributed by atoms with van der Waals surface area (Å²) >= 11 is 0. The Hall–Kier alpha value is -2.36. The highest BCUT2D eigenvalue weighted by atomic mass is 16.1. The van der Waals surface area contributed by atoms with Gasteiger partial charge in [0, 0.05) is 23.2 Å². The molecule has 0 saturated heterocycles. The van der Waals surface area contributed by atoms with Crippen LogP contribution in [0.4, 0.5) is 0 Å². The van der Waals surface area contributed by atoms with E-state index in [0.29, 0.717) is 12.0 Å². The van der Waals surface area contributed by atoms with Crippen LogP contribution in [0.1, 0.15) is 16.1 Å². The van der Waals surface area contributed by atoms with E-state index >= 15 is 0 Å². The molecule has 3 N–H and O–H groups in total. The van der Waals surface area contributed by atoms with Gasteiger partial charge < -0.3 is 5.73 Å². The van der Waals surface area contributed by atoms with Gasteiger partial charge in [-0.15, -0.1) is 6.58 Å². The first-order valence-electron chi connectivity index (χ1n) is 5.26. The van der Waals surface area contributed by atoms with E-state index in [1.165, 1.54) is 0 Å². The third-order valence-corrected chi connectivity index (χ3v) is 2.46. The molecule has 0 bridgehead atoms. The minimum atomic E-state index is -0.450. The number of allylic oxidation sites excluding steroid dienone is 1. The Morgan fingerprint density at radius 1 is 1.47 bits per heavy atom. The number of carbonyl (C=O) groups is 1. The largest absolute Gasteiger partial charge is 0.366 e. The van der Waals surface area contributed by atoms with Gasteiger partial charge in [0.15, 0.2) is 0 Å². The lowest BCUT2D eigenvalue weighted by Crippen LogP contribution is -2.12. The fraction of sp³-hybridized carbons (Fsp3) is 0.0769. The van der Waals surface area contributed by atoms with Crippen LogP contribution in [0.2, 0.25) is 0 Å². The summed E-state index contributed by atoms with van der Waals surface area (Å²) in [6.07, 6.45) is 2.50. The summed E-state index contributed by atoms with van der Waals surface area (Å²) in [5.41, 5.74) is 8.21. The molecule has 2 rings (SSSR count). The molecule has 0 aliphatic carbocycles. The molecule has 1 heterocycles. The Balaban J connectivity index is 2.44. The normalized spacial score (nSPS) is 10.1. The number of primary amides is 1. The van der Waals surface area contributed by atoms with Gasteiger partial charge in [-0.3, -0.25) is 9.89 Å². The predicted octanol–water partition coefficient (Wildman–Crippen LogP) is 1.90. The van der Waals surface area contributed by atoms with Gasteiger partial charge in [-0.05, 0) is 12.1 Å². The highest BCUT2D eigenvalue weighted by molar-refractivity contribution is 5.99. The molecule has 0 unspecified atom stereocenters. The summed E-state index contributed by atoms with van der Waals surface area (Å²) in [4.78, 5) is 11.3. The van der Waals surface area contributed by atoms with Gasteiger partial charge in [-0.1, -0.05) is 24.3 Å². The molecular formula is C13H13N3O. The van der Waals surface area contributed by atoms with Crippen molar-refractivity contribution in [3.63, 3.8) is 0 Å². The Morgan fingerprint density at radius 2 is 2.24 bits per heavy atom. The molecule has 0 spiro atoms. The minimum absolute atomic E-state index is 0.450. The van der Waals surface area contributed by atoms with Crippen LogP contribution in [-0.2, 0) is 6.42 Å². The number of aromatic nitrogens is 2. The van der Waals surface area contributed by atoms with Crippen molar-refractivity contribution in [2.45, 2.75) is 6.42 Å². The van der Waals surface area contributed by atoms with Crippen molar-refractivity contribution < 1.29 is 4.79 Å². The fourth-order valence-electron chi connectivity index (χ4n) is 1.68. The van der Waals surface area contributed by atoms with Gasteiger partial charge in [0.1, 0.15) is 0 Å². The van der Waals surface area contributed by atoms with Crippen LogP contribution in [0, 0.1) is 0 Å². The Morgan fingerprint density at radius 3 is 2.94 bits per heavy atom. The fourth-order valence-corrected chi connectivity index (χ4v) is 1.68. The summed E-state index contributed by atoms with van der Waals surface area (Å²) in [5, 5.41) is 7.07. The molecule has 0 aliphatic rings. The number of hydrogen-bond donors (Lipinski definition) is 2. The third-order valence-electron chi connectivity index (χ3n) is 2.46. The molecule has 86 valence electrons. The Labute approximate surface area is 99.2 Å². The maximum Gasteiger partial charge on any atom is 0.249 e. The van der Waals surface area contributed by atoms with Crippen molar-refractivity contribution >= 4 is 5.91 Å². The molecule has 1 aromatic heterocycles. The van der Waals surface area contributed by atoms with E-state index in [9.17, 15) is 4.79 Å². The van der Waals surface area contributed by atoms with Crippen molar-refractivity contribution in [1.29, 1.82) is 0 Å². The lowest BCUT2D eigenvalue weighted by atomic mass is 10.0.